The maximum Gasteiger partial charge on any atom is 0.352 e. The molecule has 2 N–H and O–H groups in total. The van der Waals surface area contributed by atoms with E-state index >= 15 is 0 Å². The zero-order valence-corrected chi connectivity index (χ0v) is 16.4. The van der Waals surface area contributed by atoms with Crippen LogP contribution in [0.2, 0.25) is 0 Å². The van der Waals surface area contributed by atoms with Gasteiger partial charge in [-0.2, -0.15) is 0 Å². The van der Waals surface area contributed by atoms with E-state index in [4.69, 9.17) is 5.11 Å². The second kappa shape index (κ2) is 7.55. The van der Waals surface area contributed by atoms with Crippen LogP contribution in [0.25, 0.3) is 0 Å². The van der Waals surface area contributed by atoms with Crippen LogP contribution in [0, 0.1) is 5.82 Å². The molecule has 2 aliphatic rings. The molecular weight excluding hydrogens is 393 g/mol. The van der Waals surface area contributed by atoms with Gasteiger partial charge < -0.3 is 15.1 Å². The van der Waals surface area contributed by atoms with E-state index in [1.807, 2.05) is 30.3 Å². The molecule has 2 heterocycles. The first-order valence-corrected chi connectivity index (χ1v) is 10.2. The molecule has 5 nitrogen and oxygen atoms in total. The quantitative estimate of drug-likeness (QED) is 0.738. The highest BCUT2D eigenvalue weighted by Crippen LogP contribution is 2.61. The molecule has 1 spiro atoms. The van der Waals surface area contributed by atoms with Gasteiger partial charge in [-0.25, -0.2) is 14.0 Å². The molecule has 1 saturated heterocycles. The number of piperidine rings is 1. The molecule has 150 valence electrons. The van der Waals surface area contributed by atoms with Gasteiger partial charge in [0.1, 0.15) is 11.5 Å². The van der Waals surface area contributed by atoms with Crippen molar-refractivity contribution in [2.45, 2.75) is 22.8 Å². The van der Waals surface area contributed by atoms with Crippen molar-refractivity contribution in [1.29, 1.82) is 0 Å². The second-order valence-corrected chi connectivity index (χ2v) is 8.75. The largest absolute Gasteiger partial charge is 0.478 e. The number of aliphatic carboxylic acids is 2. The predicted octanol–water partition coefficient (Wildman–Crippen LogP) is 4.01. The van der Waals surface area contributed by atoms with E-state index in [0.717, 1.165) is 17.2 Å². The maximum atomic E-state index is 14.5. The smallest absolute Gasteiger partial charge is 0.352 e. The lowest BCUT2D eigenvalue weighted by Crippen LogP contribution is -2.41. The van der Waals surface area contributed by atoms with Crippen molar-refractivity contribution in [3.05, 3.63) is 82.8 Å². The number of halogens is 1. The number of fused-ring (bicyclic) bond motifs is 2. The number of thioether (sulfide) groups is 1. The molecule has 1 unspecified atom stereocenters. The van der Waals surface area contributed by atoms with Gasteiger partial charge in [0, 0.05) is 23.4 Å². The van der Waals surface area contributed by atoms with Gasteiger partial charge in [-0.15, -0.1) is 11.8 Å². The highest BCUT2D eigenvalue weighted by atomic mass is 32.2. The summed E-state index contributed by atoms with van der Waals surface area (Å²) in [6, 6.07) is 14.9. The minimum absolute atomic E-state index is 0.118. The summed E-state index contributed by atoms with van der Waals surface area (Å²) in [5.41, 5.74) is 2.71. The van der Waals surface area contributed by atoms with E-state index in [1.165, 1.54) is 6.07 Å². The summed E-state index contributed by atoms with van der Waals surface area (Å²) in [7, 11) is 0. The average Bonchev–Trinajstić information content (AvgIpc) is 3.01. The first-order valence-electron chi connectivity index (χ1n) is 9.36. The van der Waals surface area contributed by atoms with Crippen molar-refractivity contribution in [2.75, 3.05) is 13.1 Å². The molecule has 7 heteroatoms. The van der Waals surface area contributed by atoms with Crippen LogP contribution in [0.4, 0.5) is 4.39 Å². The van der Waals surface area contributed by atoms with Gasteiger partial charge in [0.25, 0.3) is 0 Å². The number of rotatable bonds is 4. The van der Waals surface area contributed by atoms with Crippen LogP contribution >= 0.6 is 11.8 Å². The summed E-state index contributed by atoms with van der Waals surface area (Å²) in [5, 5.41) is 18.3. The Bertz CT molecular complexity index is 998. The van der Waals surface area contributed by atoms with Gasteiger partial charge in [-0.1, -0.05) is 42.5 Å². The van der Waals surface area contributed by atoms with E-state index in [2.05, 4.69) is 6.07 Å². The second-order valence-electron chi connectivity index (χ2n) is 7.26. The standard InChI is InChI=1S/C22H20FNO4S/c23-17-8-4-2-6-15(17)20-14-5-1-3-7-16(14)22(29-20)9-11-24(12-10-22)18(21(27)28)13-19(25)26/h1-8,13,20H,9-12H2,(H,25,26)(H,27,28). The Morgan fingerprint density at radius 1 is 1.03 bits per heavy atom. The van der Waals surface area contributed by atoms with Gasteiger partial charge in [0.15, 0.2) is 0 Å². The molecule has 0 bridgehead atoms. The monoisotopic (exact) mass is 413 g/mol. The van der Waals surface area contributed by atoms with Gasteiger partial charge in [0.2, 0.25) is 0 Å². The fraction of sp³-hybridized carbons (Fsp3) is 0.273. The van der Waals surface area contributed by atoms with Crippen LogP contribution in [0.3, 0.4) is 0 Å². The van der Waals surface area contributed by atoms with Crippen LogP contribution in [-0.2, 0) is 14.3 Å². The Balaban J connectivity index is 1.64. The van der Waals surface area contributed by atoms with Gasteiger partial charge in [-0.05, 0) is 30.0 Å². The van der Waals surface area contributed by atoms with Crippen molar-refractivity contribution >= 4 is 23.7 Å². The van der Waals surface area contributed by atoms with E-state index < -0.39 is 11.9 Å². The number of hydrogen-bond donors (Lipinski definition) is 2. The van der Waals surface area contributed by atoms with Crippen LogP contribution in [0.15, 0.2) is 60.3 Å². The molecule has 0 amide bonds. The SMILES string of the molecule is O=C(O)C=C(C(=O)O)N1CCC2(CC1)SC(c1ccccc1F)c1ccccc12. The third-order valence-corrected chi connectivity index (χ3v) is 7.48. The number of carboxylic acid groups (broad SMARTS) is 2. The highest BCUT2D eigenvalue weighted by Gasteiger charge is 2.47. The molecule has 1 atom stereocenters. The van der Waals surface area contributed by atoms with Crippen LogP contribution < -0.4 is 0 Å². The Morgan fingerprint density at radius 2 is 1.66 bits per heavy atom. The summed E-state index contributed by atoms with van der Waals surface area (Å²) >= 11 is 1.72. The summed E-state index contributed by atoms with van der Waals surface area (Å²) < 4.78 is 14.3. The fourth-order valence-corrected chi connectivity index (χ4v) is 6.15. The third-order valence-electron chi connectivity index (χ3n) is 5.66. The average molecular weight is 413 g/mol. The van der Waals surface area contributed by atoms with Gasteiger partial charge in [0.05, 0.1) is 11.3 Å². The van der Waals surface area contributed by atoms with Crippen molar-refractivity contribution in [3.8, 4) is 0 Å². The van der Waals surface area contributed by atoms with E-state index in [1.54, 1.807) is 22.7 Å². The summed E-state index contributed by atoms with van der Waals surface area (Å²) in [6.07, 6.45) is 2.06. The molecule has 0 aliphatic carbocycles. The van der Waals surface area contributed by atoms with E-state index in [9.17, 15) is 19.1 Å². The molecular formula is C22H20FNO4S. The Morgan fingerprint density at radius 3 is 2.28 bits per heavy atom. The van der Waals surface area contributed by atoms with E-state index in [-0.39, 0.29) is 21.5 Å². The number of nitrogens with zero attached hydrogens (tertiary/aromatic N) is 1. The van der Waals surface area contributed by atoms with Gasteiger partial charge in [-0.3, -0.25) is 0 Å². The first kappa shape index (κ1) is 19.5. The van der Waals surface area contributed by atoms with Gasteiger partial charge >= 0.3 is 11.9 Å². The fourth-order valence-electron chi connectivity index (χ4n) is 4.31. The molecule has 4 rings (SSSR count). The van der Waals surface area contributed by atoms with Crippen LogP contribution in [0.1, 0.15) is 34.8 Å². The number of hydrogen-bond acceptors (Lipinski definition) is 4. The van der Waals surface area contributed by atoms with Crippen LogP contribution in [-0.4, -0.2) is 40.1 Å². The number of carboxylic acids is 2. The highest BCUT2D eigenvalue weighted by molar-refractivity contribution is 8.01. The topological polar surface area (TPSA) is 77.8 Å². The minimum atomic E-state index is -1.28. The summed E-state index contributed by atoms with van der Waals surface area (Å²) in [4.78, 5) is 24.1. The Hall–Kier alpha value is -2.80. The lowest BCUT2D eigenvalue weighted by Gasteiger charge is -2.40. The molecule has 0 saturated carbocycles. The maximum absolute atomic E-state index is 14.5. The Labute approximate surface area is 171 Å². The van der Waals surface area contributed by atoms with Crippen molar-refractivity contribution in [2.24, 2.45) is 0 Å². The summed E-state index contributed by atoms with van der Waals surface area (Å²) in [6.45, 7) is 0.855. The summed E-state index contributed by atoms with van der Waals surface area (Å²) in [5.74, 6) is -2.75. The van der Waals surface area contributed by atoms with E-state index in [0.29, 0.717) is 31.5 Å². The number of carbonyl (C=O) groups is 2. The normalized spacial score (nSPS) is 20.5. The lowest BCUT2D eigenvalue weighted by atomic mass is 9.84. The van der Waals surface area contributed by atoms with Crippen LogP contribution in [0.5, 0.6) is 0 Å². The molecule has 29 heavy (non-hydrogen) atoms. The number of benzene rings is 2. The molecule has 2 aromatic carbocycles. The third kappa shape index (κ3) is 3.51. The Kier molecular flexibility index (Phi) is 5.08. The van der Waals surface area contributed by atoms with Crippen molar-refractivity contribution < 1.29 is 24.2 Å². The zero-order valence-electron chi connectivity index (χ0n) is 15.5. The molecule has 2 aliphatic heterocycles. The minimum Gasteiger partial charge on any atom is -0.478 e. The number of likely N-dealkylation sites (tertiary alicyclic amines) is 1. The predicted molar refractivity (Wildman–Crippen MR) is 108 cm³/mol. The zero-order chi connectivity index (χ0) is 20.6. The molecule has 0 radical (unpaired) electrons. The molecule has 1 fully saturated rings. The molecule has 2 aromatic rings. The molecule has 0 aromatic heterocycles. The lowest BCUT2D eigenvalue weighted by molar-refractivity contribution is -0.136. The van der Waals surface area contributed by atoms with Crippen molar-refractivity contribution in [3.63, 3.8) is 0 Å². The first-order chi connectivity index (χ1) is 13.9. The van der Waals surface area contributed by atoms with Crippen molar-refractivity contribution in [1.82, 2.24) is 4.90 Å².